The maximum atomic E-state index is 4.06. The van der Waals surface area contributed by atoms with Gasteiger partial charge < -0.3 is 10.2 Å². The van der Waals surface area contributed by atoms with Gasteiger partial charge >= 0.3 is 0 Å². The molecule has 0 saturated heterocycles. The van der Waals surface area contributed by atoms with Crippen LogP contribution < -0.4 is 10.2 Å². The van der Waals surface area contributed by atoms with Gasteiger partial charge in [0.1, 0.15) is 0 Å². The first kappa shape index (κ1) is 11.4. The van der Waals surface area contributed by atoms with Crippen LogP contribution in [0.3, 0.4) is 0 Å². The molecule has 0 radical (unpaired) electrons. The van der Waals surface area contributed by atoms with E-state index >= 15 is 0 Å². The molecule has 1 heterocycles. The molecular formula is C13H21N3. The van der Waals surface area contributed by atoms with Crippen molar-refractivity contribution >= 4 is 5.69 Å². The molecule has 1 saturated carbocycles. The second-order valence-corrected chi connectivity index (χ2v) is 4.61. The number of pyridine rings is 1. The zero-order chi connectivity index (χ0) is 11.4. The molecule has 0 atom stereocenters. The van der Waals surface area contributed by atoms with E-state index in [9.17, 15) is 0 Å². The summed E-state index contributed by atoms with van der Waals surface area (Å²) < 4.78 is 0. The summed E-state index contributed by atoms with van der Waals surface area (Å²) in [7, 11) is 4.26. The number of nitrogens with one attached hydrogen (secondary N) is 1. The van der Waals surface area contributed by atoms with Crippen LogP contribution in [0.1, 0.15) is 25.7 Å². The molecular weight excluding hydrogens is 198 g/mol. The Morgan fingerprint density at radius 1 is 1.19 bits per heavy atom. The van der Waals surface area contributed by atoms with Crippen molar-refractivity contribution in [3.05, 3.63) is 24.5 Å². The second kappa shape index (κ2) is 5.30. The Kier molecular flexibility index (Phi) is 3.78. The average Bonchev–Trinajstić information content (AvgIpc) is 2.39. The molecule has 1 aromatic rings. The van der Waals surface area contributed by atoms with Crippen LogP contribution in [-0.2, 0) is 0 Å². The van der Waals surface area contributed by atoms with Crippen molar-refractivity contribution < 1.29 is 0 Å². The fourth-order valence-corrected chi connectivity index (χ4v) is 2.54. The highest BCUT2D eigenvalue weighted by atomic mass is 15.1. The van der Waals surface area contributed by atoms with Crippen molar-refractivity contribution in [1.82, 2.24) is 10.3 Å². The predicted molar refractivity (Wildman–Crippen MR) is 67.7 cm³/mol. The van der Waals surface area contributed by atoms with Gasteiger partial charge in [-0.15, -0.1) is 0 Å². The van der Waals surface area contributed by atoms with Crippen molar-refractivity contribution in [2.24, 2.45) is 0 Å². The summed E-state index contributed by atoms with van der Waals surface area (Å²) in [6.45, 7) is 0. The smallest absolute Gasteiger partial charge is 0.0396 e. The molecule has 0 amide bonds. The molecule has 3 nitrogen and oxygen atoms in total. The van der Waals surface area contributed by atoms with E-state index in [1.807, 2.05) is 12.4 Å². The fraction of sp³-hybridized carbons (Fsp3) is 0.615. The normalized spacial score (nSPS) is 25.4. The first-order valence-corrected chi connectivity index (χ1v) is 6.11. The van der Waals surface area contributed by atoms with Gasteiger partial charge in [0.05, 0.1) is 0 Å². The van der Waals surface area contributed by atoms with Crippen molar-refractivity contribution in [3.8, 4) is 0 Å². The van der Waals surface area contributed by atoms with Gasteiger partial charge in [0.15, 0.2) is 0 Å². The van der Waals surface area contributed by atoms with Crippen molar-refractivity contribution in [2.75, 3.05) is 19.0 Å². The molecule has 0 spiro atoms. The van der Waals surface area contributed by atoms with E-state index in [2.05, 4.69) is 41.4 Å². The Bertz CT molecular complexity index is 304. The maximum Gasteiger partial charge on any atom is 0.0396 e. The molecule has 0 aliphatic heterocycles. The minimum absolute atomic E-state index is 0.687. The standard InChI is InChI=1S/C13H21N3/c1-14-11-3-5-12(6-4-11)16(2)13-7-9-15-10-8-13/h7-12,14H,3-6H2,1-2H3. The van der Waals surface area contributed by atoms with Crippen molar-refractivity contribution in [2.45, 2.75) is 37.8 Å². The van der Waals surface area contributed by atoms with E-state index in [4.69, 9.17) is 0 Å². The second-order valence-electron chi connectivity index (χ2n) is 4.61. The van der Waals surface area contributed by atoms with Crippen molar-refractivity contribution in [1.29, 1.82) is 0 Å². The zero-order valence-electron chi connectivity index (χ0n) is 10.2. The van der Waals surface area contributed by atoms with Gasteiger partial charge in [-0.2, -0.15) is 0 Å². The molecule has 0 aromatic carbocycles. The van der Waals surface area contributed by atoms with Crippen LogP contribution in [0.2, 0.25) is 0 Å². The van der Waals surface area contributed by atoms with E-state index < -0.39 is 0 Å². The Hall–Kier alpha value is -1.09. The first-order chi connectivity index (χ1) is 7.81. The van der Waals surface area contributed by atoms with Crippen LogP contribution in [0.25, 0.3) is 0 Å². The highest BCUT2D eigenvalue weighted by Crippen LogP contribution is 2.25. The molecule has 3 heteroatoms. The summed E-state index contributed by atoms with van der Waals surface area (Å²) in [5.41, 5.74) is 1.28. The summed E-state index contributed by atoms with van der Waals surface area (Å²) in [5, 5.41) is 3.37. The van der Waals surface area contributed by atoms with E-state index in [1.165, 1.54) is 31.4 Å². The summed E-state index contributed by atoms with van der Waals surface area (Å²) in [5.74, 6) is 0. The van der Waals surface area contributed by atoms with E-state index in [0.29, 0.717) is 6.04 Å². The molecule has 1 aliphatic rings. The first-order valence-electron chi connectivity index (χ1n) is 6.11. The fourth-order valence-electron chi connectivity index (χ4n) is 2.54. The molecule has 2 rings (SSSR count). The Labute approximate surface area is 97.9 Å². The number of hydrogen-bond donors (Lipinski definition) is 1. The molecule has 16 heavy (non-hydrogen) atoms. The summed E-state index contributed by atoms with van der Waals surface area (Å²) >= 11 is 0. The van der Waals surface area contributed by atoms with Crippen LogP contribution in [0.15, 0.2) is 24.5 Å². The molecule has 1 N–H and O–H groups in total. The van der Waals surface area contributed by atoms with Gasteiger partial charge in [0.2, 0.25) is 0 Å². The van der Waals surface area contributed by atoms with Gasteiger partial charge in [-0.1, -0.05) is 0 Å². The highest BCUT2D eigenvalue weighted by molar-refractivity contribution is 5.44. The quantitative estimate of drug-likeness (QED) is 0.843. The highest BCUT2D eigenvalue weighted by Gasteiger charge is 2.22. The predicted octanol–water partition coefficient (Wildman–Crippen LogP) is 2.05. The topological polar surface area (TPSA) is 28.2 Å². The third kappa shape index (κ3) is 2.53. The molecule has 0 unspecified atom stereocenters. The Morgan fingerprint density at radius 3 is 2.38 bits per heavy atom. The minimum Gasteiger partial charge on any atom is -0.372 e. The lowest BCUT2D eigenvalue weighted by Crippen LogP contribution is -2.39. The molecule has 1 aromatic heterocycles. The number of hydrogen-bond acceptors (Lipinski definition) is 3. The zero-order valence-corrected chi connectivity index (χ0v) is 10.2. The van der Waals surface area contributed by atoms with Gasteiger partial charge in [-0.25, -0.2) is 0 Å². The molecule has 88 valence electrons. The third-order valence-electron chi connectivity index (χ3n) is 3.72. The van der Waals surface area contributed by atoms with Crippen LogP contribution in [0, 0.1) is 0 Å². The van der Waals surface area contributed by atoms with Gasteiger partial charge in [0.25, 0.3) is 0 Å². The summed E-state index contributed by atoms with van der Waals surface area (Å²) in [6.07, 6.45) is 8.87. The SMILES string of the molecule is CNC1CCC(N(C)c2ccncc2)CC1. The van der Waals surface area contributed by atoms with E-state index in [0.717, 1.165) is 6.04 Å². The number of anilines is 1. The van der Waals surface area contributed by atoms with Gasteiger partial charge in [-0.05, 0) is 44.9 Å². The Balaban J connectivity index is 1.94. The lowest BCUT2D eigenvalue weighted by atomic mass is 9.90. The summed E-state index contributed by atoms with van der Waals surface area (Å²) in [6, 6.07) is 5.59. The van der Waals surface area contributed by atoms with Crippen LogP contribution >= 0.6 is 0 Å². The maximum absolute atomic E-state index is 4.06. The molecule has 1 fully saturated rings. The summed E-state index contributed by atoms with van der Waals surface area (Å²) in [4.78, 5) is 6.46. The Morgan fingerprint density at radius 2 is 1.81 bits per heavy atom. The minimum atomic E-state index is 0.687. The van der Waals surface area contributed by atoms with Gasteiger partial charge in [0, 0.05) is 37.2 Å². The number of aromatic nitrogens is 1. The molecule has 1 aliphatic carbocycles. The van der Waals surface area contributed by atoms with Gasteiger partial charge in [-0.3, -0.25) is 4.98 Å². The third-order valence-corrected chi connectivity index (χ3v) is 3.72. The number of nitrogens with zero attached hydrogens (tertiary/aromatic N) is 2. The van der Waals surface area contributed by atoms with Crippen LogP contribution in [-0.4, -0.2) is 31.2 Å². The van der Waals surface area contributed by atoms with E-state index in [1.54, 1.807) is 0 Å². The largest absolute Gasteiger partial charge is 0.372 e. The molecule has 0 bridgehead atoms. The number of rotatable bonds is 3. The monoisotopic (exact) mass is 219 g/mol. The van der Waals surface area contributed by atoms with Crippen LogP contribution in [0.4, 0.5) is 5.69 Å². The van der Waals surface area contributed by atoms with Crippen molar-refractivity contribution in [3.63, 3.8) is 0 Å². The lowest BCUT2D eigenvalue weighted by Gasteiger charge is -2.35. The van der Waals surface area contributed by atoms with Crippen LogP contribution in [0.5, 0.6) is 0 Å². The average molecular weight is 219 g/mol. The lowest BCUT2D eigenvalue weighted by molar-refractivity contribution is 0.351. The van der Waals surface area contributed by atoms with E-state index in [-0.39, 0.29) is 0 Å².